The van der Waals surface area contributed by atoms with Crippen molar-refractivity contribution in [1.82, 2.24) is 4.31 Å². The van der Waals surface area contributed by atoms with Gasteiger partial charge >= 0.3 is 5.97 Å². The molecule has 0 radical (unpaired) electrons. The Morgan fingerprint density at radius 3 is 2.45 bits per heavy atom. The van der Waals surface area contributed by atoms with Crippen molar-refractivity contribution in [3.63, 3.8) is 0 Å². The Kier molecular flexibility index (Phi) is 8.81. The first-order valence-corrected chi connectivity index (χ1v) is 13.8. The zero-order valence-electron chi connectivity index (χ0n) is 19.5. The number of carbonyl (C=O) groups is 2. The number of amides is 1. The van der Waals surface area contributed by atoms with Gasteiger partial charge in [-0.05, 0) is 48.5 Å². The predicted molar refractivity (Wildman–Crippen MR) is 142 cm³/mol. The number of ether oxygens (including phenoxy) is 2. The fraction of sp³-hybridized carbons (Fsp3) is 0.200. The van der Waals surface area contributed by atoms with E-state index in [2.05, 4.69) is 5.32 Å². The van der Waals surface area contributed by atoms with Crippen LogP contribution in [0.2, 0.25) is 15.1 Å². The number of halogens is 3. The Hall–Kier alpha value is -2.86. The molecule has 1 aliphatic heterocycles. The molecule has 0 aliphatic carbocycles. The van der Waals surface area contributed by atoms with Gasteiger partial charge < -0.3 is 19.9 Å². The number of esters is 1. The molecule has 1 heterocycles. The van der Waals surface area contributed by atoms with Gasteiger partial charge in [-0.3, -0.25) is 9.59 Å². The number of benzene rings is 3. The van der Waals surface area contributed by atoms with Gasteiger partial charge in [0, 0.05) is 18.0 Å². The SMILES string of the molecule is O=C(COC(=O)[C@H]1C[C@H](O)CN1S(=O)(=O)c1ccc(Cl)c(Cl)c1)Nc1cc(Cl)ccc1Oc1ccccc1. The molecule has 2 atom stereocenters. The summed E-state index contributed by atoms with van der Waals surface area (Å²) in [6.45, 7) is -1.05. The van der Waals surface area contributed by atoms with Gasteiger partial charge in [-0.15, -0.1) is 0 Å². The van der Waals surface area contributed by atoms with E-state index in [-0.39, 0.29) is 33.6 Å². The minimum Gasteiger partial charge on any atom is -0.455 e. The number of aliphatic hydroxyl groups excluding tert-OH is 1. The molecule has 0 saturated carbocycles. The number of hydrogen-bond donors (Lipinski definition) is 2. The van der Waals surface area contributed by atoms with E-state index in [9.17, 15) is 23.1 Å². The summed E-state index contributed by atoms with van der Waals surface area (Å²) >= 11 is 17.9. The largest absolute Gasteiger partial charge is 0.455 e. The zero-order valence-corrected chi connectivity index (χ0v) is 22.6. The van der Waals surface area contributed by atoms with Crippen molar-refractivity contribution in [1.29, 1.82) is 0 Å². The molecule has 3 aromatic rings. The summed E-state index contributed by atoms with van der Waals surface area (Å²) in [5.74, 6) is -0.874. The molecule has 9 nitrogen and oxygen atoms in total. The summed E-state index contributed by atoms with van der Waals surface area (Å²) < 4.78 is 38.0. The summed E-state index contributed by atoms with van der Waals surface area (Å²) in [5.41, 5.74) is 0.238. The third-order valence-corrected chi connectivity index (χ3v) is 8.38. The standard InChI is InChI=1S/C25H21Cl3N2O7S/c26-15-6-9-23(37-17-4-2-1-3-5-17)21(10-15)29-24(32)14-36-25(33)22-11-16(31)13-30(22)38(34,35)18-7-8-19(27)20(28)12-18/h1-10,12,16,22,31H,11,13-14H2,(H,29,32)/t16-,22+/m0/s1. The van der Waals surface area contributed by atoms with Gasteiger partial charge in [-0.25, -0.2) is 8.42 Å². The lowest BCUT2D eigenvalue weighted by Crippen LogP contribution is -2.42. The molecular formula is C25H21Cl3N2O7S. The van der Waals surface area contributed by atoms with Gasteiger partial charge in [0.25, 0.3) is 5.91 Å². The molecule has 38 heavy (non-hydrogen) atoms. The number of para-hydroxylation sites is 1. The highest BCUT2D eigenvalue weighted by molar-refractivity contribution is 7.89. The molecule has 2 N–H and O–H groups in total. The molecule has 1 amide bonds. The van der Waals surface area contributed by atoms with Crippen molar-refractivity contribution < 1.29 is 32.6 Å². The van der Waals surface area contributed by atoms with Gasteiger partial charge in [-0.2, -0.15) is 4.31 Å². The highest BCUT2D eigenvalue weighted by Crippen LogP contribution is 2.33. The molecule has 4 rings (SSSR count). The maximum absolute atomic E-state index is 13.2. The Morgan fingerprint density at radius 2 is 1.74 bits per heavy atom. The quantitative estimate of drug-likeness (QED) is 0.359. The highest BCUT2D eigenvalue weighted by Gasteiger charge is 2.44. The Labute approximate surface area is 233 Å². The molecule has 0 spiro atoms. The van der Waals surface area contributed by atoms with E-state index in [1.54, 1.807) is 36.4 Å². The van der Waals surface area contributed by atoms with Crippen LogP contribution in [-0.4, -0.2) is 55.0 Å². The van der Waals surface area contributed by atoms with Crippen LogP contribution in [0.15, 0.2) is 71.6 Å². The normalized spacial score (nSPS) is 17.7. The number of carbonyl (C=O) groups excluding carboxylic acids is 2. The topological polar surface area (TPSA) is 122 Å². The van der Waals surface area contributed by atoms with Crippen molar-refractivity contribution >= 4 is 62.4 Å². The maximum Gasteiger partial charge on any atom is 0.325 e. The second-order valence-electron chi connectivity index (χ2n) is 8.27. The number of rotatable bonds is 8. The molecule has 1 aliphatic rings. The summed E-state index contributed by atoms with van der Waals surface area (Å²) in [7, 11) is -4.23. The zero-order chi connectivity index (χ0) is 27.4. The van der Waals surface area contributed by atoms with E-state index in [0.29, 0.717) is 16.5 Å². The summed E-state index contributed by atoms with van der Waals surface area (Å²) in [6, 6.07) is 15.8. The minimum absolute atomic E-state index is 0.0138. The number of anilines is 1. The summed E-state index contributed by atoms with van der Waals surface area (Å²) in [4.78, 5) is 25.2. The van der Waals surface area contributed by atoms with E-state index >= 15 is 0 Å². The fourth-order valence-electron chi connectivity index (χ4n) is 3.76. The molecule has 1 fully saturated rings. The van der Waals surface area contributed by atoms with Crippen molar-refractivity contribution in [2.75, 3.05) is 18.5 Å². The minimum atomic E-state index is -4.23. The molecule has 0 unspecified atom stereocenters. The third kappa shape index (κ3) is 6.58. The van der Waals surface area contributed by atoms with Gasteiger partial charge in [-0.1, -0.05) is 53.0 Å². The number of aliphatic hydroxyl groups is 1. The molecule has 1 saturated heterocycles. The number of hydrogen-bond acceptors (Lipinski definition) is 7. The lowest BCUT2D eigenvalue weighted by molar-refractivity contribution is -0.150. The first kappa shape index (κ1) is 28.2. The molecule has 0 aromatic heterocycles. The summed E-state index contributed by atoms with van der Waals surface area (Å²) in [6.07, 6.45) is -1.31. The van der Waals surface area contributed by atoms with Gasteiger partial charge in [0.05, 0.1) is 26.7 Å². The van der Waals surface area contributed by atoms with Crippen LogP contribution >= 0.6 is 34.8 Å². The van der Waals surface area contributed by atoms with Crippen molar-refractivity contribution in [2.24, 2.45) is 0 Å². The van der Waals surface area contributed by atoms with Gasteiger partial charge in [0.1, 0.15) is 11.8 Å². The van der Waals surface area contributed by atoms with E-state index in [0.717, 1.165) is 10.4 Å². The van der Waals surface area contributed by atoms with E-state index in [1.165, 1.54) is 18.2 Å². The smallest absolute Gasteiger partial charge is 0.325 e. The van der Waals surface area contributed by atoms with E-state index < -0.39 is 40.7 Å². The fourth-order valence-corrected chi connectivity index (χ4v) is 5.95. The molecule has 3 aromatic carbocycles. The van der Waals surface area contributed by atoms with Crippen LogP contribution in [0.4, 0.5) is 5.69 Å². The number of β-amino-alcohol motifs (C(OH)–C–C–N with tert-alkyl or cyclic N) is 1. The van der Waals surface area contributed by atoms with Crippen LogP contribution < -0.4 is 10.1 Å². The van der Waals surface area contributed by atoms with Crippen molar-refractivity contribution in [3.05, 3.63) is 81.8 Å². The second-order valence-corrected chi connectivity index (χ2v) is 11.4. The first-order chi connectivity index (χ1) is 18.0. The molecule has 0 bridgehead atoms. The van der Waals surface area contributed by atoms with Crippen LogP contribution in [-0.2, 0) is 24.3 Å². The van der Waals surface area contributed by atoms with Gasteiger partial charge in [0.2, 0.25) is 10.0 Å². The summed E-state index contributed by atoms with van der Waals surface area (Å²) in [5, 5.41) is 13.2. The van der Waals surface area contributed by atoms with Crippen LogP contribution in [0.5, 0.6) is 11.5 Å². The Morgan fingerprint density at radius 1 is 1.00 bits per heavy atom. The lowest BCUT2D eigenvalue weighted by Gasteiger charge is -2.22. The Bertz CT molecular complexity index is 1450. The lowest BCUT2D eigenvalue weighted by atomic mass is 10.2. The number of nitrogens with one attached hydrogen (secondary N) is 1. The van der Waals surface area contributed by atoms with Gasteiger partial charge in [0.15, 0.2) is 12.4 Å². The van der Waals surface area contributed by atoms with Crippen LogP contribution in [0.1, 0.15) is 6.42 Å². The number of sulfonamides is 1. The van der Waals surface area contributed by atoms with Crippen molar-refractivity contribution in [2.45, 2.75) is 23.5 Å². The Balaban J connectivity index is 1.43. The second kappa shape index (κ2) is 11.9. The van der Waals surface area contributed by atoms with E-state index in [4.69, 9.17) is 44.3 Å². The average molecular weight is 600 g/mol. The first-order valence-electron chi connectivity index (χ1n) is 11.2. The molecule has 200 valence electrons. The average Bonchev–Trinajstić information content (AvgIpc) is 3.29. The maximum atomic E-state index is 13.2. The predicted octanol–water partition coefficient (Wildman–Crippen LogP) is 4.74. The third-order valence-electron chi connectivity index (χ3n) is 5.54. The van der Waals surface area contributed by atoms with Crippen LogP contribution in [0.25, 0.3) is 0 Å². The highest BCUT2D eigenvalue weighted by atomic mass is 35.5. The molecule has 13 heteroatoms. The molecular weight excluding hydrogens is 579 g/mol. The van der Waals surface area contributed by atoms with Crippen LogP contribution in [0.3, 0.4) is 0 Å². The number of nitrogens with zero attached hydrogens (tertiary/aromatic N) is 1. The van der Waals surface area contributed by atoms with Crippen molar-refractivity contribution in [3.8, 4) is 11.5 Å². The van der Waals surface area contributed by atoms with E-state index in [1.807, 2.05) is 6.07 Å². The van der Waals surface area contributed by atoms with Crippen LogP contribution in [0, 0.1) is 0 Å². The monoisotopic (exact) mass is 598 g/mol.